The Bertz CT molecular complexity index is 748. The number of rotatable bonds is 4. The van der Waals surface area contributed by atoms with Gasteiger partial charge in [-0.1, -0.05) is 6.92 Å². The molecule has 6 heteroatoms. The molecule has 0 bridgehead atoms. The average Bonchev–Trinajstić information content (AvgIpc) is 3.00. The lowest BCUT2D eigenvalue weighted by Crippen LogP contribution is -1.98. The summed E-state index contributed by atoms with van der Waals surface area (Å²) >= 11 is 1.51. The van der Waals surface area contributed by atoms with Crippen LogP contribution in [0.3, 0.4) is 0 Å². The Kier molecular flexibility index (Phi) is 3.42. The molecular weight excluding hydrogens is 274 g/mol. The van der Waals surface area contributed by atoms with Gasteiger partial charge in [0, 0.05) is 17.3 Å². The molecule has 0 unspecified atom stereocenters. The minimum absolute atomic E-state index is 0.117. The number of ether oxygens (including phenoxy) is 1. The van der Waals surface area contributed by atoms with Crippen LogP contribution in [-0.4, -0.2) is 19.5 Å². The van der Waals surface area contributed by atoms with Crippen molar-refractivity contribution in [2.24, 2.45) is 0 Å². The minimum Gasteiger partial charge on any atom is -0.435 e. The van der Waals surface area contributed by atoms with Gasteiger partial charge in [-0.2, -0.15) is 4.98 Å². The molecule has 0 amide bonds. The third kappa shape index (κ3) is 2.17. The number of aliphatic hydroxyl groups excluding tert-OH is 1. The molecule has 3 heterocycles. The highest BCUT2D eigenvalue weighted by Crippen LogP contribution is 2.29. The second-order valence-electron chi connectivity index (χ2n) is 4.43. The van der Waals surface area contributed by atoms with Gasteiger partial charge in [0.25, 0.3) is 0 Å². The summed E-state index contributed by atoms with van der Waals surface area (Å²) in [7, 11) is 0. The van der Waals surface area contributed by atoms with Gasteiger partial charge < -0.3 is 9.84 Å². The van der Waals surface area contributed by atoms with Crippen LogP contribution in [0.2, 0.25) is 0 Å². The molecule has 0 spiro atoms. The van der Waals surface area contributed by atoms with E-state index < -0.39 is 0 Å². The molecule has 0 aliphatic rings. The van der Waals surface area contributed by atoms with E-state index in [1.165, 1.54) is 11.3 Å². The fourth-order valence-electron chi connectivity index (χ4n) is 2.09. The Labute approximate surface area is 120 Å². The SMILES string of the molecule is CCc1nc(C)ccc1Oc1nc2sccn2c1CO. The second kappa shape index (κ2) is 5.22. The molecule has 3 aromatic rings. The molecule has 0 radical (unpaired) electrons. The molecule has 3 rings (SSSR count). The zero-order valence-corrected chi connectivity index (χ0v) is 12.1. The van der Waals surface area contributed by atoms with Gasteiger partial charge in [-0.3, -0.25) is 9.38 Å². The van der Waals surface area contributed by atoms with Crippen LogP contribution in [-0.2, 0) is 13.0 Å². The van der Waals surface area contributed by atoms with E-state index in [1.54, 1.807) is 0 Å². The van der Waals surface area contributed by atoms with Crippen molar-refractivity contribution in [3.05, 3.63) is 40.8 Å². The van der Waals surface area contributed by atoms with Crippen LogP contribution in [0.4, 0.5) is 0 Å². The van der Waals surface area contributed by atoms with Gasteiger partial charge in [-0.25, -0.2) is 0 Å². The van der Waals surface area contributed by atoms with Crippen molar-refractivity contribution in [2.45, 2.75) is 26.9 Å². The number of aliphatic hydroxyl groups is 1. The van der Waals surface area contributed by atoms with Crippen LogP contribution in [0.5, 0.6) is 11.6 Å². The number of thiazole rings is 1. The average molecular weight is 289 g/mol. The lowest BCUT2D eigenvalue weighted by Gasteiger charge is -2.09. The molecule has 0 atom stereocenters. The summed E-state index contributed by atoms with van der Waals surface area (Å²) in [6.07, 6.45) is 2.66. The number of aromatic nitrogens is 3. The van der Waals surface area contributed by atoms with E-state index in [4.69, 9.17) is 4.74 Å². The lowest BCUT2D eigenvalue weighted by molar-refractivity contribution is 0.269. The summed E-state index contributed by atoms with van der Waals surface area (Å²) in [5.74, 6) is 1.14. The van der Waals surface area contributed by atoms with Crippen LogP contribution in [0, 0.1) is 6.92 Å². The van der Waals surface area contributed by atoms with Crippen molar-refractivity contribution < 1.29 is 9.84 Å². The smallest absolute Gasteiger partial charge is 0.244 e. The van der Waals surface area contributed by atoms with Crippen LogP contribution in [0.25, 0.3) is 4.96 Å². The summed E-state index contributed by atoms with van der Waals surface area (Å²) in [4.78, 5) is 9.68. The van der Waals surface area contributed by atoms with Crippen molar-refractivity contribution >= 4 is 16.3 Å². The predicted molar refractivity (Wildman–Crippen MR) is 77.4 cm³/mol. The normalized spacial score (nSPS) is 11.2. The molecule has 3 aromatic heterocycles. The molecule has 0 aliphatic carbocycles. The Morgan fingerprint density at radius 1 is 1.35 bits per heavy atom. The molecule has 104 valence electrons. The van der Waals surface area contributed by atoms with Crippen LogP contribution in [0.15, 0.2) is 23.7 Å². The van der Waals surface area contributed by atoms with E-state index in [1.807, 2.05) is 42.0 Å². The molecule has 0 saturated heterocycles. The molecule has 0 aliphatic heterocycles. The third-order valence-corrected chi connectivity index (χ3v) is 3.84. The van der Waals surface area contributed by atoms with Crippen molar-refractivity contribution in [3.63, 3.8) is 0 Å². The quantitative estimate of drug-likeness (QED) is 0.802. The zero-order valence-electron chi connectivity index (χ0n) is 11.3. The van der Waals surface area contributed by atoms with Gasteiger partial charge in [0.05, 0.1) is 12.3 Å². The van der Waals surface area contributed by atoms with Crippen molar-refractivity contribution in [1.29, 1.82) is 0 Å². The molecular formula is C14H15N3O2S. The summed E-state index contributed by atoms with van der Waals surface area (Å²) in [6.45, 7) is 3.87. The number of hydrogen-bond acceptors (Lipinski definition) is 5. The Balaban J connectivity index is 2.02. The van der Waals surface area contributed by atoms with Gasteiger partial charge in [-0.15, -0.1) is 11.3 Å². The van der Waals surface area contributed by atoms with Crippen LogP contribution >= 0.6 is 11.3 Å². The fourth-order valence-corrected chi connectivity index (χ4v) is 2.81. The van der Waals surface area contributed by atoms with E-state index in [2.05, 4.69) is 9.97 Å². The van der Waals surface area contributed by atoms with Gasteiger partial charge in [0.15, 0.2) is 10.7 Å². The predicted octanol–water partition coefficient (Wildman–Crippen LogP) is 2.95. The molecule has 20 heavy (non-hydrogen) atoms. The zero-order chi connectivity index (χ0) is 14.1. The first-order chi connectivity index (χ1) is 9.72. The van der Waals surface area contributed by atoms with Gasteiger partial charge in [0.2, 0.25) is 5.88 Å². The first-order valence-electron chi connectivity index (χ1n) is 6.42. The number of hydrogen-bond donors (Lipinski definition) is 1. The number of pyridine rings is 1. The summed E-state index contributed by atoms with van der Waals surface area (Å²) in [6, 6.07) is 3.81. The van der Waals surface area contributed by atoms with E-state index in [0.717, 1.165) is 22.8 Å². The van der Waals surface area contributed by atoms with E-state index in [-0.39, 0.29) is 6.61 Å². The number of fused-ring (bicyclic) bond motifs is 1. The number of nitrogens with zero attached hydrogens (tertiary/aromatic N) is 3. The van der Waals surface area contributed by atoms with Gasteiger partial charge in [-0.05, 0) is 25.5 Å². The molecule has 1 N–H and O–H groups in total. The van der Waals surface area contributed by atoms with Crippen molar-refractivity contribution in [1.82, 2.24) is 14.4 Å². The van der Waals surface area contributed by atoms with Crippen LogP contribution in [0.1, 0.15) is 24.0 Å². The number of imidazole rings is 1. The topological polar surface area (TPSA) is 59.7 Å². The maximum Gasteiger partial charge on any atom is 0.244 e. The fraction of sp³-hybridized carbons (Fsp3) is 0.286. The summed E-state index contributed by atoms with van der Waals surface area (Å²) in [5, 5.41) is 11.4. The van der Waals surface area contributed by atoms with Crippen LogP contribution < -0.4 is 4.74 Å². The monoisotopic (exact) mass is 289 g/mol. The van der Waals surface area contributed by atoms with Gasteiger partial charge in [0.1, 0.15) is 5.69 Å². The minimum atomic E-state index is -0.117. The molecule has 0 fully saturated rings. The second-order valence-corrected chi connectivity index (χ2v) is 5.30. The highest BCUT2D eigenvalue weighted by Gasteiger charge is 2.16. The number of aryl methyl sites for hydroxylation is 2. The Morgan fingerprint density at radius 2 is 2.20 bits per heavy atom. The highest BCUT2D eigenvalue weighted by molar-refractivity contribution is 7.15. The van der Waals surface area contributed by atoms with E-state index in [9.17, 15) is 5.11 Å². The van der Waals surface area contributed by atoms with Crippen molar-refractivity contribution in [3.8, 4) is 11.6 Å². The molecule has 0 aromatic carbocycles. The summed E-state index contributed by atoms with van der Waals surface area (Å²) in [5.41, 5.74) is 2.51. The Hall–Kier alpha value is -1.92. The lowest BCUT2D eigenvalue weighted by atomic mass is 10.2. The maximum atomic E-state index is 9.52. The maximum absolute atomic E-state index is 9.52. The summed E-state index contributed by atoms with van der Waals surface area (Å²) < 4.78 is 7.71. The molecule has 0 saturated carbocycles. The third-order valence-electron chi connectivity index (χ3n) is 3.09. The first kappa shape index (κ1) is 13.1. The van der Waals surface area contributed by atoms with E-state index >= 15 is 0 Å². The van der Waals surface area contributed by atoms with Crippen molar-refractivity contribution in [2.75, 3.05) is 0 Å². The van der Waals surface area contributed by atoms with Gasteiger partial charge >= 0.3 is 0 Å². The highest BCUT2D eigenvalue weighted by atomic mass is 32.1. The van der Waals surface area contributed by atoms with E-state index in [0.29, 0.717) is 17.3 Å². The first-order valence-corrected chi connectivity index (χ1v) is 7.30. The standard InChI is InChI=1S/C14H15N3O2S/c1-3-10-12(5-4-9(2)15-10)19-13-11(8-18)17-6-7-20-14(17)16-13/h4-7,18H,3,8H2,1-2H3. The Morgan fingerprint density at radius 3 is 2.95 bits per heavy atom. The molecule has 5 nitrogen and oxygen atoms in total. The largest absolute Gasteiger partial charge is 0.435 e.